The van der Waals surface area contributed by atoms with Gasteiger partial charge in [-0.15, -0.1) is 0 Å². The molecule has 1 aromatic carbocycles. The second kappa shape index (κ2) is 5.60. The van der Waals surface area contributed by atoms with Crippen LogP contribution >= 0.6 is 0 Å². The first-order valence-electron chi connectivity index (χ1n) is 9.73. The van der Waals surface area contributed by atoms with E-state index in [1.807, 2.05) is 11.9 Å². The molecule has 0 N–H and O–H groups in total. The third kappa shape index (κ3) is 2.27. The maximum atomic E-state index is 13.3. The number of amides is 1. The Balaban J connectivity index is 1.47. The topological polar surface area (TPSA) is 28.5 Å². The molecule has 1 amide bonds. The normalized spacial score (nSPS) is 28.5. The van der Waals surface area contributed by atoms with E-state index in [1.54, 1.807) is 0 Å². The van der Waals surface area contributed by atoms with Crippen LogP contribution in [0.4, 0.5) is 0 Å². The number of carbonyl (C=O) groups excluding carboxylic acids is 1. The van der Waals surface area contributed by atoms with E-state index in [2.05, 4.69) is 40.9 Å². The molecule has 2 saturated heterocycles. The summed E-state index contributed by atoms with van der Waals surface area (Å²) in [4.78, 5) is 17.9. The average molecular weight is 337 g/mol. The van der Waals surface area contributed by atoms with Crippen molar-refractivity contribution in [2.24, 2.45) is 0 Å². The van der Waals surface area contributed by atoms with Crippen LogP contribution in [0.2, 0.25) is 0 Å². The van der Waals surface area contributed by atoms with Crippen molar-refractivity contribution in [1.82, 2.24) is 14.4 Å². The molecule has 2 unspecified atom stereocenters. The van der Waals surface area contributed by atoms with Gasteiger partial charge in [-0.1, -0.05) is 18.2 Å². The maximum Gasteiger partial charge on any atom is 0.256 e. The molecule has 4 nitrogen and oxygen atoms in total. The molecule has 4 heteroatoms. The van der Waals surface area contributed by atoms with Crippen molar-refractivity contribution in [3.63, 3.8) is 0 Å². The monoisotopic (exact) mass is 337 g/mol. The van der Waals surface area contributed by atoms with E-state index in [0.29, 0.717) is 18.1 Å². The molecule has 4 heterocycles. The third-order valence-corrected chi connectivity index (χ3v) is 7.00. The molecule has 3 aliphatic rings. The highest BCUT2D eigenvalue weighted by Crippen LogP contribution is 2.37. The molecule has 25 heavy (non-hydrogen) atoms. The van der Waals surface area contributed by atoms with Crippen LogP contribution in [0, 0.1) is 0 Å². The molecule has 132 valence electrons. The van der Waals surface area contributed by atoms with E-state index in [0.717, 1.165) is 36.8 Å². The summed E-state index contributed by atoms with van der Waals surface area (Å²) in [7, 11) is 4.27. The van der Waals surface area contributed by atoms with Crippen molar-refractivity contribution in [2.75, 3.05) is 14.1 Å². The number of para-hydroxylation sites is 1. The van der Waals surface area contributed by atoms with Crippen molar-refractivity contribution in [2.45, 2.75) is 63.2 Å². The molecule has 0 radical (unpaired) electrons. The van der Waals surface area contributed by atoms with Crippen LogP contribution in [0.3, 0.4) is 0 Å². The van der Waals surface area contributed by atoms with Crippen LogP contribution in [-0.2, 0) is 13.0 Å². The van der Waals surface area contributed by atoms with Crippen molar-refractivity contribution >= 4 is 16.8 Å². The van der Waals surface area contributed by atoms with Gasteiger partial charge in [-0.25, -0.2) is 0 Å². The first-order valence-corrected chi connectivity index (χ1v) is 9.73. The van der Waals surface area contributed by atoms with Crippen LogP contribution in [0.15, 0.2) is 24.4 Å². The quantitative estimate of drug-likeness (QED) is 0.841. The third-order valence-electron chi connectivity index (χ3n) is 7.00. The molecule has 2 atom stereocenters. The van der Waals surface area contributed by atoms with Crippen molar-refractivity contribution < 1.29 is 4.79 Å². The molecule has 0 spiro atoms. The molecule has 0 aliphatic carbocycles. The summed E-state index contributed by atoms with van der Waals surface area (Å²) in [6.07, 6.45) is 9.24. The zero-order valence-corrected chi connectivity index (χ0v) is 15.2. The molecule has 2 fully saturated rings. The summed E-state index contributed by atoms with van der Waals surface area (Å²) in [5.74, 6) is 0.205. The minimum atomic E-state index is 0.205. The van der Waals surface area contributed by atoms with Gasteiger partial charge in [-0.3, -0.25) is 4.79 Å². The maximum absolute atomic E-state index is 13.3. The van der Waals surface area contributed by atoms with Crippen molar-refractivity contribution in [3.05, 3.63) is 35.5 Å². The highest BCUT2D eigenvalue weighted by atomic mass is 16.2. The highest BCUT2D eigenvalue weighted by Gasteiger charge is 2.41. The number of nitrogens with zero attached hydrogens (tertiary/aromatic N) is 3. The van der Waals surface area contributed by atoms with E-state index in [-0.39, 0.29) is 5.91 Å². The van der Waals surface area contributed by atoms with Gasteiger partial charge in [0.1, 0.15) is 0 Å². The van der Waals surface area contributed by atoms with E-state index in [9.17, 15) is 4.79 Å². The lowest BCUT2D eigenvalue weighted by atomic mass is 9.96. The Labute approximate surface area is 149 Å². The van der Waals surface area contributed by atoms with E-state index >= 15 is 0 Å². The molecule has 2 aromatic rings. The number of fused-ring (bicyclic) bond motifs is 2. The standard InChI is InChI=1S/C21H27N3O/c1-22-15-8-9-16(22)12-17(11-15)23(2)21(25)19-13-24-10-4-6-14-5-3-7-18(19)20(14)24/h3,5,7,13,15-17H,4,6,8-12H2,1-2H3. The Morgan fingerprint density at radius 3 is 2.72 bits per heavy atom. The van der Waals surface area contributed by atoms with E-state index in [1.165, 1.54) is 30.3 Å². The highest BCUT2D eigenvalue weighted by molar-refractivity contribution is 6.07. The van der Waals surface area contributed by atoms with Crippen molar-refractivity contribution in [1.29, 1.82) is 0 Å². The Hall–Kier alpha value is -1.81. The zero-order valence-electron chi connectivity index (χ0n) is 15.2. The fraction of sp³-hybridized carbons (Fsp3) is 0.571. The minimum absolute atomic E-state index is 0.205. The summed E-state index contributed by atoms with van der Waals surface area (Å²) in [6, 6.07) is 8.15. The molecular formula is C21H27N3O. The van der Waals surface area contributed by atoms with Gasteiger partial charge >= 0.3 is 0 Å². The van der Waals surface area contributed by atoms with Crippen LogP contribution < -0.4 is 0 Å². The predicted octanol–water partition coefficient (Wildman–Crippen LogP) is 3.28. The lowest BCUT2D eigenvalue weighted by Crippen LogP contribution is -2.49. The van der Waals surface area contributed by atoms with Crippen LogP contribution in [0.25, 0.3) is 10.9 Å². The Kier molecular flexibility index (Phi) is 3.46. The van der Waals surface area contributed by atoms with Gasteiger partial charge in [0, 0.05) is 43.3 Å². The van der Waals surface area contributed by atoms with Crippen LogP contribution in [-0.4, -0.2) is 52.5 Å². The number of benzene rings is 1. The number of rotatable bonds is 2. The first kappa shape index (κ1) is 15.4. The van der Waals surface area contributed by atoms with E-state index in [4.69, 9.17) is 0 Å². The Bertz CT molecular complexity index is 825. The molecular weight excluding hydrogens is 310 g/mol. The second-order valence-corrected chi connectivity index (χ2v) is 8.24. The van der Waals surface area contributed by atoms with Gasteiger partial charge < -0.3 is 14.4 Å². The molecule has 0 saturated carbocycles. The zero-order chi connectivity index (χ0) is 17.1. The summed E-state index contributed by atoms with van der Waals surface area (Å²) in [5, 5.41) is 1.14. The van der Waals surface area contributed by atoms with Gasteiger partial charge in [-0.2, -0.15) is 0 Å². The minimum Gasteiger partial charge on any atom is -0.346 e. The van der Waals surface area contributed by atoms with Crippen LogP contribution in [0.5, 0.6) is 0 Å². The number of piperidine rings is 1. The number of hydrogen-bond donors (Lipinski definition) is 0. The number of hydrogen-bond acceptors (Lipinski definition) is 2. The molecule has 2 bridgehead atoms. The Morgan fingerprint density at radius 2 is 1.96 bits per heavy atom. The van der Waals surface area contributed by atoms with Gasteiger partial charge in [0.2, 0.25) is 0 Å². The van der Waals surface area contributed by atoms with Gasteiger partial charge in [0.05, 0.1) is 11.1 Å². The largest absolute Gasteiger partial charge is 0.346 e. The fourth-order valence-electron chi connectivity index (χ4n) is 5.48. The number of aromatic nitrogens is 1. The van der Waals surface area contributed by atoms with Gasteiger partial charge in [-0.05, 0) is 51.1 Å². The average Bonchev–Trinajstić information content (AvgIpc) is 3.08. The predicted molar refractivity (Wildman–Crippen MR) is 99.9 cm³/mol. The summed E-state index contributed by atoms with van der Waals surface area (Å²) in [6.45, 7) is 1.03. The van der Waals surface area contributed by atoms with Gasteiger partial charge in [0.25, 0.3) is 5.91 Å². The summed E-state index contributed by atoms with van der Waals surface area (Å²) < 4.78 is 2.30. The molecule has 3 aliphatic heterocycles. The summed E-state index contributed by atoms with van der Waals surface area (Å²) >= 11 is 0. The van der Waals surface area contributed by atoms with Crippen LogP contribution in [0.1, 0.15) is 48.0 Å². The number of carbonyl (C=O) groups is 1. The SMILES string of the molecule is CN(C(=O)c1cn2c3c(cccc13)CCC2)C1CC2CCC(C1)N2C. The Morgan fingerprint density at radius 1 is 1.20 bits per heavy atom. The van der Waals surface area contributed by atoms with Gasteiger partial charge in [0.15, 0.2) is 0 Å². The molecule has 1 aromatic heterocycles. The van der Waals surface area contributed by atoms with Crippen molar-refractivity contribution in [3.8, 4) is 0 Å². The molecule has 5 rings (SSSR count). The van der Waals surface area contributed by atoms with E-state index < -0.39 is 0 Å². The number of aryl methyl sites for hydroxylation is 2. The lowest BCUT2D eigenvalue weighted by Gasteiger charge is -2.40. The second-order valence-electron chi connectivity index (χ2n) is 8.24. The smallest absolute Gasteiger partial charge is 0.256 e. The fourth-order valence-corrected chi connectivity index (χ4v) is 5.48. The first-order chi connectivity index (χ1) is 12.1. The lowest BCUT2D eigenvalue weighted by molar-refractivity contribution is 0.0564. The summed E-state index contributed by atoms with van der Waals surface area (Å²) in [5.41, 5.74) is 3.57.